The third-order valence-corrected chi connectivity index (χ3v) is 3.59. The van der Waals surface area contributed by atoms with Crippen LogP contribution in [0.2, 0.25) is 0 Å². The highest BCUT2D eigenvalue weighted by Gasteiger charge is 2.57. The van der Waals surface area contributed by atoms with Crippen molar-refractivity contribution in [1.29, 1.82) is 0 Å². The minimum atomic E-state index is -3.48. The van der Waals surface area contributed by atoms with Gasteiger partial charge in [-0.15, -0.1) is 0 Å². The minimum absolute atomic E-state index is 0.0526. The summed E-state index contributed by atoms with van der Waals surface area (Å²) in [7, 11) is -6.95. The number of ether oxygens (including phenoxy) is 2. The second kappa shape index (κ2) is 4.69. The zero-order valence-electron chi connectivity index (χ0n) is 9.81. The van der Waals surface area contributed by atoms with E-state index >= 15 is 0 Å². The van der Waals surface area contributed by atoms with Gasteiger partial charge in [0.15, 0.2) is 0 Å². The molecular formula is C8H14O8S2. The summed E-state index contributed by atoms with van der Waals surface area (Å²) < 4.78 is 62.5. The molecular weight excluding hydrogens is 288 g/mol. The zero-order chi connectivity index (χ0) is 13.6. The van der Waals surface area contributed by atoms with E-state index in [4.69, 9.17) is 9.47 Å². The lowest BCUT2D eigenvalue weighted by atomic mass is 10.2. The molecule has 18 heavy (non-hydrogen) atoms. The third kappa shape index (κ3) is 4.44. The minimum Gasteiger partial charge on any atom is -0.364 e. The first-order valence-electron chi connectivity index (χ1n) is 5.15. The fourth-order valence-corrected chi connectivity index (χ4v) is 2.30. The highest BCUT2D eigenvalue weighted by Crippen LogP contribution is 2.39. The topological polar surface area (TPSA) is 112 Å². The molecule has 10 heteroatoms. The Morgan fingerprint density at radius 3 is 1.44 bits per heavy atom. The Morgan fingerprint density at radius 2 is 1.17 bits per heavy atom. The van der Waals surface area contributed by atoms with Crippen molar-refractivity contribution in [2.24, 2.45) is 0 Å². The molecule has 2 aliphatic rings. The van der Waals surface area contributed by atoms with Crippen molar-refractivity contribution in [1.82, 2.24) is 0 Å². The van der Waals surface area contributed by atoms with Crippen molar-refractivity contribution in [2.45, 2.75) is 24.4 Å². The van der Waals surface area contributed by atoms with Crippen molar-refractivity contribution in [3.8, 4) is 0 Å². The molecule has 2 rings (SSSR count). The van der Waals surface area contributed by atoms with Crippen molar-refractivity contribution in [2.75, 3.05) is 25.7 Å². The van der Waals surface area contributed by atoms with E-state index in [1.54, 1.807) is 0 Å². The molecule has 0 N–H and O–H groups in total. The van der Waals surface area contributed by atoms with Crippen LogP contribution in [0.4, 0.5) is 0 Å². The fraction of sp³-hybridized carbons (Fsp3) is 1.00. The normalized spacial score (nSPS) is 35.4. The lowest BCUT2D eigenvalue weighted by molar-refractivity contribution is 0.255. The first-order valence-corrected chi connectivity index (χ1v) is 8.79. The number of epoxide rings is 2. The van der Waals surface area contributed by atoms with Gasteiger partial charge >= 0.3 is 0 Å². The highest BCUT2D eigenvalue weighted by atomic mass is 32.2. The van der Waals surface area contributed by atoms with Crippen LogP contribution in [0.25, 0.3) is 0 Å². The standard InChI is InChI=1S/C8H14O8S2/c1-17(9,10)13-3-5-7(15-5)8-6(16-8)4-14-18(2,11)12/h5-8H,3-4H2,1-2H3/t5-,6-,7+,8+/m1/s1. The Labute approximate surface area is 105 Å². The highest BCUT2D eigenvalue weighted by molar-refractivity contribution is 7.86. The van der Waals surface area contributed by atoms with Crippen LogP contribution in [0.1, 0.15) is 0 Å². The van der Waals surface area contributed by atoms with E-state index in [9.17, 15) is 16.8 Å². The summed E-state index contributed by atoms with van der Waals surface area (Å²) in [5, 5.41) is 0. The van der Waals surface area contributed by atoms with Gasteiger partial charge in [0, 0.05) is 0 Å². The summed E-state index contributed by atoms with van der Waals surface area (Å²) in [6.07, 6.45) is 0.766. The Kier molecular flexibility index (Phi) is 3.69. The molecule has 2 fully saturated rings. The Bertz CT molecular complexity index is 461. The van der Waals surface area contributed by atoms with E-state index in [-0.39, 0.29) is 37.6 Å². The van der Waals surface area contributed by atoms with Gasteiger partial charge in [-0.2, -0.15) is 16.8 Å². The van der Waals surface area contributed by atoms with E-state index in [0.717, 1.165) is 12.5 Å². The maximum atomic E-state index is 10.7. The molecule has 0 bridgehead atoms. The largest absolute Gasteiger partial charge is 0.364 e. The Hall–Kier alpha value is -0.260. The summed E-state index contributed by atoms with van der Waals surface area (Å²) in [6.45, 7) is -0.105. The zero-order valence-corrected chi connectivity index (χ0v) is 11.4. The van der Waals surface area contributed by atoms with Crippen LogP contribution in [0, 0.1) is 0 Å². The predicted molar refractivity (Wildman–Crippen MR) is 58.9 cm³/mol. The lowest BCUT2D eigenvalue weighted by Gasteiger charge is -1.96. The molecule has 0 amide bonds. The van der Waals surface area contributed by atoms with Gasteiger partial charge in [0.1, 0.15) is 24.4 Å². The van der Waals surface area contributed by atoms with Crippen LogP contribution in [0.3, 0.4) is 0 Å². The molecule has 0 aromatic carbocycles. The van der Waals surface area contributed by atoms with Gasteiger partial charge < -0.3 is 9.47 Å². The monoisotopic (exact) mass is 302 g/mol. The van der Waals surface area contributed by atoms with Gasteiger partial charge in [-0.25, -0.2) is 0 Å². The SMILES string of the molecule is CS(=O)(=O)OC[C@H]1O[C@@H]1[C@H]1O[C@@H]1COS(C)(=O)=O. The number of rotatable bonds is 7. The summed E-state index contributed by atoms with van der Waals surface area (Å²) in [5.74, 6) is 0. The van der Waals surface area contributed by atoms with Crippen LogP contribution >= 0.6 is 0 Å². The van der Waals surface area contributed by atoms with E-state index in [1.807, 2.05) is 0 Å². The van der Waals surface area contributed by atoms with Crippen molar-refractivity contribution < 1.29 is 34.7 Å². The van der Waals surface area contributed by atoms with Gasteiger partial charge in [0.2, 0.25) is 0 Å². The Morgan fingerprint density at radius 1 is 0.833 bits per heavy atom. The average molecular weight is 302 g/mol. The number of hydrogen-bond donors (Lipinski definition) is 0. The molecule has 0 radical (unpaired) electrons. The van der Waals surface area contributed by atoms with Crippen LogP contribution in [0.15, 0.2) is 0 Å². The van der Waals surface area contributed by atoms with Gasteiger partial charge in [-0.05, 0) is 0 Å². The molecule has 0 spiro atoms. The molecule has 0 aromatic rings. The van der Waals surface area contributed by atoms with Gasteiger partial charge in [-0.3, -0.25) is 8.37 Å². The summed E-state index contributed by atoms with van der Waals surface area (Å²) in [4.78, 5) is 0. The first-order chi connectivity index (χ1) is 8.16. The molecule has 8 nitrogen and oxygen atoms in total. The molecule has 4 atom stereocenters. The van der Waals surface area contributed by atoms with Crippen LogP contribution in [-0.2, 0) is 38.1 Å². The fourth-order valence-electron chi connectivity index (χ4n) is 1.54. The molecule has 0 aromatic heterocycles. The lowest BCUT2D eigenvalue weighted by Crippen LogP contribution is -2.16. The number of hydrogen-bond acceptors (Lipinski definition) is 8. The van der Waals surface area contributed by atoms with Crippen LogP contribution < -0.4 is 0 Å². The third-order valence-electron chi connectivity index (χ3n) is 2.46. The maximum absolute atomic E-state index is 10.7. The molecule has 0 aliphatic carbocycles. The van der Waals surface area contributed by atoms with E-state index in [2.05, 4.69) is 8.37 Å². The van der Waals surface area contributed by atoms with Crippen molar-refractivity contribution in [3.05, 3.63) is 0 Å². The maximum Gasteiger partial charge on any atom is 0.264 e. The van der Waals surface area contributed by atoms with Gasteiger partial charge in [-0.1, -0.05) is 0 Å². The van der Waals surface area contributed by atoms with E-state index < -0.39 is 20.2 Å². The molecule has 106 valence electrons. The average Bonchev–Trinajstić information content (AvgIpc) is 3.04. The first kappa shape index (κ1) is 14.2. The smallest absolute Gasteiger partial charge is 0.264 e. The summed E-state index contributed by atoms with van der Waals surface area (Å²) >= 11 is 0. The second-order valence-electron chi connectivity index (χ2n) is 4.26. The van der Waals surface area contributed by atoms with Gasteiger partial charge in [0.05, 0.1) is 25.7 Å². The van der Waals surface area contributed by atoms with Crippen molar-refractivity contribution in [3.63, 3.8) is 0 Å². The quantitative estimate of drug-likeness (QED) is 0.411. The predicted octanol–water partition coefficient (Wildman–Crippen LogP) is -1.53. The van der Waals surface area contributed by atoms with Crippen LogP contribution in [-0.4, -0.2) is 67.0 Å². The Balaban J connectivity index is 1.66. The molecule has 0 unspecified atom stereocenters. The molecule has 2 heterocycles. The second-order valence-corrected chi connectivity index (χ2v) is 7.54. The van der Waals surface area contributed by atoms with Gasteiger partial charge in [0.25, 0.3) is 20.2 Å². The molecule has 2 saturated heterocycles. The molecule has 0 saturated carbocycles. The molecule has 2 aliphatic heterocycles. The van der Waals surface area contributed by atoms with E-state index in [1.165, 1.54) is 0 Å². The van der Waals surface area contributed by atoms with E-state index in [0.29, 0.717) is 0 Å². The summed E-state index contributed by atoms with van der Waals surface area (Å²) in [5.41, 5.74) is 0. The van der Waals surface area contributed by atoms with Crippen LogP contribution in [0.5, 0.6) is 0 Å². The van der Waals surface area contributed by atoms with Crippen molar-refractivity contribution >= 4 is 20.2 Å². The summed E-state index contributed by atoms with van der Waals surface area (Å²) in [6, 6.07) is 0.